The van der Waals surface area contributed by atoms with Crippen LogP contribution < -0.4 is 0 Å². The van der Waals surface area contributed by atoms with Crippen molar-refractivity contribution in [2.24, 2.45) is 5.41 Å². The van der Waals surface area contributed by atoms with Crippen molar-refractivity contribution in [3.8, 4) is 0 Å². The van der Waals surface area contributed by atoms with Crippen molar-refractivity contribution in [1.82, 2.24) is 4.90 Å². The normalized spacial score (nSPS) is 36.7. The Labute approximate surface area is 113 Å². The number of ether oxygens (including phenoxy) is 2. The highest BCUT2D eigenvalue weighted by Gasteiger charge is 2.55. The number of alkyl halides is 1. The highest BCUT2D eigenvalue weighted by atomic mass is 19.1. The number of hydrogen-bond acceptors (Lipinski definition) is 3. The van der Waals surface area contributed by atoms with E-state index in [1.54, 1.807) is 12.0 Å². The van der Waals surface area contributed by atoms with Gasteiger partial charge >= 0.3 is 0 Å². The molecule has 0 spiro atoms. The second-order valence-corrected chi connectivity index (χ2v) is 6.24. The first-order valence-electron chi connectivity index (χ1n) is 7.19. The lowest BCUT2D eigenvalue weighted by atomic mass is 9.73. The molecule has 2 heterocycles. The number of amides is 1. The Morgan fingerprint density at radius 2 is 2.26 bits per heavy atom. The van der Waals surface area contributed by atoms with Crippen LogP contribution in [0.3, 0.4) is 0 Å². The lowest BCUT2D eigenvalue weighted by Crippen LogP contribution is -2.59. The first kappa shape index (κ1) is 13.3. The number of likely N-dealkylation sites (tertiary alicyclic amines) is 1. The maximum atomic E-state index is 14.0. The zero-order valence-electron chi connectivity index (χ0n) is 11.5. The summed E-state index contributed by atoms with van der Waals surface area (Å²) >= 11 is 0. The molecule has 1 aliphatic carbocycles. The summed E-state index contributed by atoms with van der Waals surface area (Å²) in [6.45, 7) is 2.56. The Morgan fingerprint density at radius 3 is 2.95 bits per heavy atom. The molecule has 0 aromatic heterocycles. The molecule has 4 nitrogen and oxygen atoms in total. The number of halogens is 1. The molecule has 3 fully saturated rings. The maximum absolute atomic E-state index is 14.0. The van der Waals surface area contributed by atoms with Crippen molar-refractivity contribution >= 4 is 5.91 Å². The molecule has 1 amide bonds. The van der Waals surface area contributed by atoms with Crippen LogP contribution in [0.1, 0.15) is 32.1 Å². The molecule has 19 heavy (non-hydrogen) atoms. The molecule has 2 saturated heterocycles. The summed E-state index contributed by atoms with van der Waals surface area (Å²) in [5.74, 6) is -0.313. The summed E-state index contributed by atoms with van der Waals surface area (Å²) in [7, 11) is 1.68. The van der Waals surface area contributed by atoms with Crippen LogP contribution in [0.4, 0.5) is 4.39 Å². The molecule has 0 N–H and O–H groups in total. The molecule has 1 saturated carbocycles. The first-order chi connectivity index (χ1) is 9.10. The molecule has 3 aliphatic rings. The SMILES string of the molecule is COCC12CCCOC1CCN(C(=O)C1(F)CC1)C2. The van der Waals surface area contributed by atoms with Crippen LogP contribution >= 0.6 is 0 Å². The number of piperidine rings is 1. The number of fused-ring (bicyclic) bond motifs is 1. The minimum absolute atomic E-state index is 0.133. The maximum Gasteiger partial charge on any atom is 0.260 e. The van der Waals surface area contributed by atoms with E-state index in [0.717, 1.165) is 25.9 Å². The van der Waals surface area contributed by atoms with Gasteiger partial charge in [-0.1, -0.05) is 0 Å². The smallest absolute Gasteiger partial charge is 0.260 e. The van der Waals surface area contributed by atoms with E-state index in [0.29, 0.717) is 32.5 Å². The number of carbonyl (C=O) groups excluding carboxylic acids is 1. The molecule has 0 aromatic carbocycles. The summed E-state index contributed by atoms with van der Waals surface area (Å²) in [4.78, 5) is 13.9. The van der Waals surface area contributed by atoms with Crippen LogP contribution in [0, 0.1) is 5.41 Å². The van der Waals surface area contributed by atoms with E-state index in [4.69, 9.17) is 9.47 Å². The highest BCUT2D eigenvalue weighted by Crippen LogP contribution is 2.45. The standard InChI is InChI=1S/C14H22FNO3/c1-18-10-13-4-2-8-19-11(13)3-7-16(9-13)12(17)14(15)5-6-14/h11H,2-10H2,1H3. The van der Waals surface area contributed by atoms with E-state index >= 15 is 0 Å². The van der Waals surface area contributed by atoms with Crippen LogP contribution in [-0.4, -0.2) is 56.0 Å². The molecule has 0 bridgehead atoms. The number of rotatable bonds is 3. The fourth-order valence-corrected chi connectivity index (χ4v) is 3.57. The zero-order chi connectivity index (χ0) is 13.5. The van der Waals surface area contributed by atoms with E-state index in [2.05, 4.69) is 0 Å². The minimum atomic E-state index is -1.56. The van der Waals surface area contributed by atoms with Crippen molar-refractivity contribution in [3.63, 3.8) is 0 Å². The van der Waals surface area contributed by atoms with Crippen LogP contribution in [0.5, 0.6) is 0 Å². The van der Waals surface area contributed by atoms with E-state index in [-0.39, 0.29) is 17.4 Å². The van der Waals surface area contributed by atoms with Gasteiger partial charge in [0.05, 0.1) is 12.7 Å². The van der Waals surface area contributed by atoms with E-state index in [9.17, 15) is 9.18 Å². The van der Waals surface area contributed by atoms with Crippen LogP contribution in [0.25, 0.3) is 0 Å². The van der Waals surface area contributed by atoms with Gasteiger partial charge in [-0.3, -0.25) is 4.79 Å². The first-order valence-corrected chi connectivity index (χ1v) is 7.19. The average molecular weight is 271 g/mol. The largest absolute Gasteiger partial charge is 0.384 e. The summed E-state index contributed by atoms with van der Waals surface area (Å²) in [6.07, 6.45) is 3.71. The molecule has 2 unspecified atom stereocenters. The third-order valence-corrected chi connectivity index (χ3v) is 4.78. The minimum Gasteiger partial charge on any atom is -0.384 e. The summed E-state index contributed by atoms with van der Waals surface area (Å²) < 4.78 is 25.2. The third kappa shape index (κ3) is 2.27. The van der Waals surface area contributed by atoms with Crippen molar-refractivity contribution in [2.45, 2.75) is 43.9 Å². The average Bonchev–Trinajstić information content (AvgIpc) is 3.16. The Morgan fingerprint density at radius 1 is 1.47 bits per heavy atom. The van der Waals surface area contributed by atoms with Gasteiger partial charge in [-0.25, -0.2) is 4.39 Å². The van der Waals surface area contributed by atoms with Gasteiger partial charge in [0.25, 0.3) is 5.91 Å². The fourth-order valence-electron chi connectivity index (χ4n) is 3.57. The molecule has 0 aromatic rings. The Bertz CT molecular complexity index is 368. The Balaban J connectivity index is 1.75. The predicted molar refractivity (Wildman–Crippen MR) is 67.6 cm³/mol. The summed E-state index contributed by atoms with van der Waals surface area (Å²) in [5.41, 5.74) is -1.69. The van der Waals surface area contributed by atoms with Gasteiger partial charge in [-0.05, 0) is 32.1 Å². The number of methoxy groups -OCH3 is 1. The van der Waals surface area contributed by atoms with Gasteiger partial charge < -0.3 is 14.4 Å². The highest BCUT2D eigenvalue weighted by molar-refractivity contribution is 5.88. The molecular weight excluding hydrogens is 249 g/mol. The lowest BCUT2D eigenvalue weighted by molar-refractivity contribution is -0.166. The van der Waals surface area contributed by atoms with Gasteiger partial charge in [-0.2, -0.15) is 0 Å². The monoisotopic (exact) mass is 271 g/mol. The fraction of sp³-hybridized carbons (Fsp3) is 0.929. The third-order valence-electron chi connectivity index (χ3n) is 4.78. The number of hydrogen-bond donors (Lipinski definition) is 0. The molecule has 3 rings (SSSR count). The Kier molecular flexibility index (Phi) is 3.29. The number of nitrogens with zero attached hydrogens (tertiary/aromatic N) is 1. The van der Waals surface area contributed by atoms with Gasteiger partial charge in [0.15, 0.2) is 5.67 Å². The second-order valence-electron chi connectivity index (χ2n) is 6.24. The van der Waals surface area contributed by atoms with Crippen LogP contribution in [0.2, 0.25) is 0 Å². The molecule has 2 aliphatic heterocycles. The number of carbonyl (C=O) groups is 1. The molecule has 108 valence electrons. The van der Waals surface area contributed by atoms with E-state index < -0.39 is 5.67 Å². The van der Waals surface area contributed by atoms with Crippen molar-refractivity contribution < 1.29 is 18.7 Å². The molecule has 0 radical (unpaired) electrons. The summed E-state index contributed by atoms with van der Waals surface area (Å²) in [5, 5.41) is 0. The van der Waals surface area contributed by atoms with E-state index in [1.807, 2.05) is 0 Å². The topological polar surface area (TPSA) is 38.8 Å². The summed E-state index contributed by atoms with van der Waals surface area (Å²) in [6, 6.07) is 0. The lowest BCUT2D eigenvalue weighted by Gasteiger charge is -2.50. The van der Waals surface area contributed by atoms with Crippen molar-refractivity contribution in [2.75, 3.05) is 33.4 Å². The van der Waals surface area contributed by atoms with Gasteiger partial charge in [0.2, 0.25) is 0 Å². The van der Waals surface area contributed by atoms with E-state index in [1.165, 1.54) is 0 Å². The van der Waals surface area contributed by atoms with Crippen molar-refractivity contribution in [3.05, 3.63) is 0 Å². The molecular formula is C14H22FNO3. The van der Waals surface area contributed by atoms with Crippen LogP contribution in [0.15, 0.2) is 0 Å². The van der Waals surface area contributed by atoms with Gasteiger partial charge in [0.1, 0.15) is 0 Å². The molecule has 5 heteroatoms. The van der Waals surface area contributed by atoms with Gasteiger partial charge in [0, 0.05) is 32.2 Å². The van der Waals surface area contributed by atoms with Crippen LogP contribution in [-0.2, 0) is 14.3 Å². The quantitative estimate of drug-likeness (QED) is 0.781. The molecule has 2 atom stereocenters. The Hall–Kier alpha value is -0.680. The second kappa shape index (κ2) is 4.70. The van der Waals surface area contributed by atoms with Crippen molar-refractivity contribution in [1.29, 1.82) is 0 Å². The van der Waals surface area contributed by atoms with Gasteiger partial charge in [-0.15, -0.1) is 0 Å². The predicted octanol–water partition coefficient (Wildman–Crippen LogP) is 1.53. The zero-order valence-corrected chi connectivity index (χ0v) is 11.5.